The van der Waals surface area contributed by atoms with Crippen LogP contribution in [0.1, 0.15) is 39.0 Å². The van der Waals surface area contributed by atoms with Crippen molar-refractivity contribution in [1.82, 2.24) is 10.1 Å². The van der Waals surface area contributed by atoms with Gasteiger partial charge in [0, 0.05) is 24.2 Å². The number of phenols is 1. The molecule has 0 aliphatic carbocycles. The van der Waals surface area contributed by atoms with Crippen molar-refractivity contribution < 1.29 is 23.9 Å². The Morgan fingerprint density at radius 1 is 1.32 bits per heavy atom. The number of rotatable bonds is 4. The lowest BCUT2D eigenvalue weighted by molar-refractivity contribution is 0.0232. The molecule has 3 rings (SSSR count). The van der Waals surface area contributed by atoms with Crippen LogP contribution in [0.25, 0.3) is 0 Å². The van der Waals surface area contributed by atoms with Crippen molar-refractivity contribution in [3.63, 3.8) is 0 Å². The fourth-order valence-electron chi connectivity index (χ4n) is 3.27. The van der Waals surface area contributed by atoms with Crippen molar-refractivity contribution in [3.8, 4) is 5.75 Å². The van der Waals surface area contributed by atoms with Gasteiger partial charge in [0.1, 0.15) is 11.5 Å². The Morgan fingerprint density at radius 2 is 2.04 bits per heavy atom. The third kappa shape index (κ3) is 3.38. The average molecular weight is 346 g/mol. The van der Waals surface area contributed by atoms with Crippen LogP contribution in [-0.2, 0) is 9.47 Å². The Labute approximate surface area is 146 Å². The second-order valence-corrected chi connectivity index (χ2v) is 6.05. The van der Waals surface area contributed by atoms with Crippen LogP contribution in [0.4, 0.5) is 0 Å². The maximum atomic E-state index is 11.9. The highest BCUT2D eigenvalue weighted by molar-refractivity contribution is 5.89. The molecule has 1 aliphatic heterocycles. The second-order valence-electron chi connectivity index (χ2n) is 6.05. The first-order valence-corrected chi connectivity index (χ1v) is 8.18. The van der Waals surface area contributed by atoms with E-state index in [1.54, 1.807) is 12.1 Å². The molecule has 0 saturated carbocycles. The van der Waals surface area contributed by atoms with Crippen LogP contribution in [0.3, 0.4) is 0 Å². The van der Waals surface area contributed by atoms with Crippen molar-refractivity contribution in [3.05, 3.63) is 46.3 Å². The second kappa shape index (κ2) is 7.25. The highest BCUT2D eigenvalue weighted by Crippen LogP contribution is 2.38. The molecule has 7 nitrogen and oxygen atoms in total. The van der Waals surface area contributed by atoms with Gasteiger partial charge in [0.15, 0.2) is 0 Å². The lowest BCUT2D eigenvalue weighted by atomic mass is 9.93. The molecule has 0 amide bonds. The van der Waals surface area contributed by atoms with Gasteiger partial charge in [-0.1, -0.05) is 5.16 Å². The van der Waals surface area contributed by atoms with E-state index < -0.39 is 5.97 Å². The van der Waals surface area contributed by atoms with Gasteiger partial charge >= 0.3 is 5.97 Å². The number of aromatic hydroxyl groups is 1. The number of hydrogen-bond acceptors (Lipinski definition) is 7. The number of nitrogens with zero attached hydrogens (tertiary/aromatic N) is 2. The molecule has 7 heteroatoms. The zero-order valence-electron chi connectivity index (χ0n) is 14.6. The van der Waals surface area contributed by atoms with Crippen molar-refractivity contribution in [1.29, 1.82) is 0 Å². The van der Waals surface area contributed by atoms with Crippen LogP contribution >= 0.6 is 0 Å². The normalized spacial score (nSPS) is 16.6. The van der Waals surface area contributed by atoms with E-state index in [0.29, 0.717) is 43.2 Å². The third-order valence-electron chi connectivity index (χ3n) is 4.52. The zero-order chi connectivity index (χ0) is 18.0. The standard InChI is InChI=1S/C18H22N2O5/c1-11-16(12(2)25-19-11)17(20-6-8-24-9-7-20)14-10-13(18(22)23-3)4-5-15(14)21/h4-5,10,17,21H,6-9H2,1-3H3. The number of aryl methyl sites for hydroxylation is 2. The number of carbonyl (C=O) groups excluding carboxylic acids is 1. The summed E-state index contributed by atoms with van der Waals surface area (Å²) >= 11 is 0. The van der Waals surface area contributed by atoms with Gasteiger partial charge in [0.2, 0.25) is 0 Å². The molecule has 25 heavy (non-hydrogen) atoms. The van der Waals surface area contributed by atoms with E-state index in [1.807, 2.05) is 13.8 Å². The molecule has 134 valence electrons. The minimum absolute atomic E-state index is 0.115. The fourth-order valence-corrected chi connectivity index (χ4v) is 3.27. The molecule has 1 unspecified atom stereocenters. The van der Waals surface area contributed by atoms with Gasteiger partial charge < -0.3 is 19.1 Å². The van der Waals surface area contributed by atoms with Gasteiger partial charge in [-0.05, 0) is 32.0 Å². The molecular weight excluding hydrogens is 324 g/mol. The molecule has 1 atom stereocenters. The maximum Gasteiger partial charge on any atom is 0.337 e. The Kier molecular flexibility index (Phi) is 5.06. The summed E-state index contributed by atoms with van der Waals surface area (Å²) < 4.78 is 15.6. The van der Waals surface area contributed by atoms with E-state index in [1.165, 1.54) is 13.2 Å². The third-order valence-corrected chi connectivity index (χ3v) is 4.52. The Bertz CT molecular complexity index is 745. The van der Waals surface area contributed by atoms with Gasteiger partial charge in [-0.2, -0.15) is 0 Å². The largest absolute Gasteiger partial charge is 0.508 e. The van der Waals surface area contributed by atoms with Gasteiger partial charge in [-0.25, -0.2) is 4.79 Å². The average Bonchev–Trinajstić information content (AvgIpc) is 2.96. The molecule has 0 spiro atoms. The molecule has 1 aromatic carbocycles. The topological polar surface area (TPSA) is 85.0 Å². The first-order valence-electron chi connectivity index (χ1n) is 8.18. The lowest BCUT2D eigenvalue weighted by Crippen LogP contribution is -2.40. The summed E-state index contributed by atoms with van der Waals surface area (Å²) in [6, 6.07) is 4.47. The molecule has 2 heterocycles. The fraction of sp³-hybridized carbons (Fsp3) is 0.444. The number of ether oxygens (including phenoxy) is 2. The summed E-state index contributed by atoms with van der Waals surface area (Å²) in [5.74, 6) is 0.363. The van der Waals surface area contributed by atoms with E-state index in [4.69, 9.17) is 14.0 Å². The van der Waals surface area contributed by atoms with Crippen LogP contribution < -0.4 is 0 Å². The summed E-state index contributed by atoms with van der Waals surface area (Å²) in [6.45, 7) is 6.35. The zero-order valence-corrected chi connectivity index (χ0v) is 14.6. The predicted molar refractivity (Wildman–Crippen MR) is 89.7 cm³/mol. The van der Waals surface area contributed by atoms with Crippen molar-refractivity contribution in [2.24, 2.45) is 0 Å². The minimum atomic E-state index is -0.444. The van der Waals surface area contributed by atoms with Crippen LogP contribution in [0.15, 0.2) is 22.7 Å². The number of morpholine rings is 1. The molecular formula is C18H22N2O5. The van der Waals surface area contributed by atoms with Gasteiger partial charge in [0.05, 0.1) is 37.6 Å². The molecule has 0 bridgehead atoms. The van der Waals surface area contributed by atoms with E-state index in [0.717, 1.165) is 11.3 Å². The summed E-state index contributed by atoms with van der Waals surface area (Å²) in [7, 11) is 1.34. The smallest absolute Gasteiger partial charge is 0.337 e. The summed E-state index contributed by atoms with van der Waals surface area (Å²) in [6.07, 6.45) is 0. The van der Waals surface area contributed by atoms with E-state index in [-0.39, 0.29) is 11.8 Å². The van der Waals surface area contributed by atoms with E-state index in [2.05, 4.69) is 10.1 Å². The molecule has 2 aromatic rings. The molecule has 1 fully saturated rings. The number of benzene rings is 1. The Hall–Kier alpha value is -2.38. The summed E-state index contributed by atoms with van der Waals surface area (Å²) in [5, 5.41) is 14.6. The number of hydrogen-bond donors (Lipinski definition) is 1. The minimum Gasteiger partial charge on any atom is -0.508 e. The summed E-state index contributed by atoms with van der Waals surface area (Å²) in [4.78, 5) is 14.1. The molecule has 1 aliphatic rings. The highest BCUT2D eigenvalue weighted by atomic mass is 16.5. The number of carbonyl (C=O) groups is 1. The van der Waals surface area contributed by atoms with E-state index in [9.17, 15) is 9.90 Å². The molecule has 0 radical (unpaired) electrons. The quantitative estimate of drug-likeness (QED) is 0.850. The van der Waals surface area contributed by atoms with Crippen molar-refractivity contribution in [2.45, 2.75) is 19.9 Å². The SMILES string of the molecule is COC(=O)c1ccc(O)c(C(c2c(C)noc2C)N2CCOCC2)c1. The molecule has 1 saturated heterocycles. The maximum absolute atomic E-state index is 11.9. The van der Waals surface area contributed by atoms with Crippen LogP contribution in [-0.4, -0.2) is 54.5 Å². The van der Waals surface area contributed by atoms with Crippen LogP contribution in [0.2, 0.25) is 0 Å². The van der Waals surface area contributed by atoms with Crippen LogP contribution in [0, 0.1) is 13.8 Å². The lowest BCUT2D eigenvalue weighted by Gasteiger charge is -2.35. The van der Waals surface area contributed by atoms with E-state index >= 15 is 0 Å². The van der Waals surface area contributed by atoms with Gasteiger partial charge in [-0.3, -0.25) is 4.90 Å². The van der Waals surface area contributed by atoms with Crippen LogP contribution in [0.5, 0.6) is 5.75 Å². The Morgan fingerprint density at radius 3 is 2.64 bits per heavy atom. The number of methoxy groups -OCH3 is 1. The monoisotopic (exact) mass is 346 g/mol. The summed E-state index contributed by atoms with van der Waals surface area (Å²) in [5.41, 5.74) is 2.68. The molecule has 1 aromatic heterocycles. The first kappa shape index (κ1) is 17.4. The van der Waals surface area contributed by atoms with Gasteiger partial charge in [-0.15, -0.1) is 0 Å². The van der Waals surface area contributed by atoms with Crippen molar-refractivity contribution >= 4 is 5.97 Å². The number of phenolic OH excluding ortho intramolecular Hbond substituents is 1. The van der Waals surface area contributed by atoms with Gasteiger partial charge in [0.25, 0.3) is 0 Å². The van der Waals surface area contributed by atoms with Crippen molar-refractivity contribution in [2.75, 3.05) is 33.4 Å². The Balaban J connectivity index is 2.13. The molecule has 1 N–H and O–H groups in total. The number of aromatic nitrogens is 1. The number of esters is 1. The predicted octanol–water partition coefficient (Wildman–Crippen LogP) is 2.21. The highest BCUT2D eigenvalue weighted by Gasteiger charge is 2.31. The first-order chi connectivity index (χ1) is 12.0.